The van der Waals surface area contributed by atoms with Crippen molar-refractivity contribution in [3.63, 3.8) is 0 Å². The van der Waals surface area contributed by atoms with Crippen LogP contribution >= 0.6 is 11.3 Å². The van der Waals surface area contributed by atoms with Gasteiger partial charge >= 0.3 is 0 Å². The molecule has 0 aliphatic heterocycles. The predicted octanol–water partition coefficient (Wildman–Crippen LogP) is 1.94. The monoisotopic (exact) mass is 328 g/mol. The van der Waals surface area contributed by atoms with Crippen molar-refractivity contribution in [3.05, 3.63) is 29.1 Å². The van der Waals surface area contributed by atoms with E-state index in [1.54, 1.807) is 7.11 Å². The normalized spacial score (nSPS) is 12.1. The molecule has 0 spiro atoms. The van der Waals surface area contributed by atoms with Crippen molar-refractivity contribution in [2.75, 3.05) is 27.3 Å². The SMILES string of the molecule is CNCc1sc2ccccc2c1S(=O)(=O)NCCCOC. The summed E-state index contributed by atoms with van der Waals surface area (Å²) in [6.07, 6.45) is 0.652. The van der Waals surface area contributed by atoms with Gasteiger partial charge in [0.15, 0.2) is 0 Å². The third-order valence-electron chi connectivity index (χ3n) is 3.04. The summed E-state index contributed by atoms with van der Waals surface area (Å²) >= 11 is 1.51. The summed E-state index contributed by atoms with van der Waals surface area (Å²) in [5.41, 5.74) is 0. The van der Waals surface area contributed by atoms with Crippen molar-refractivity contribution in [2.24, 2.45) is 0 Å². The maximum atomic E-state index is 12.6. The van der Waals surface area contributed by atoms with Gasteiger partial charge < -0.3 is 10.1 Å². The zero-order valence-corrected chi connectivity index (χ0v) is 13.8. The molecule has 1 heterocycles. The molecule has 0 unspecified atom stereocenters. The van der Waals surface area contributed by atoms with Gasteiger partial charge in [0, 0.05) is 41.8 Å². The Hall–Kier alpha value is -0.990. The number of rotatable bonds is 8. The van der Waals surface area contributed by atoms with Crippen molar-refractivity contribution < 1.29 is 13.2 Å². The van der Waals surface area contributed by atoms with Crippen LogP contribution < -0.4 is 10.0 Å². The lowest BCUT2D eigenvalue weighted by molar-refractivity contribution is 0.196. The molecule has 0 aliphatic rings. The van der Waals surface area contributed by atoms with E-state index >= 15 is 0 Å². The third-order valence-corrected chi connectivity index (χ3v) is 5.93. The van der Waals surface area contributed by atoms with Gasteiger partial charge in [0.25, 0.3) is 0 Å². The number of hydrogen-bond acceptors (Lipinski definition) is 5. The Labute approximate surface area is 129 Å². The van der Waals surface area contributed by atoms with Gasteiger partial charge in [0.1, 0.15) is 4.90 Å². The standard InChI is InChI=1S/C14H20N2O3S2/c1-15-10-13-14(11-6-3-4-7-12(11)20-13)21(17,18)16-8-5-9-19-2/h3-4,6-7,15-16H,5,8-10H2,1-2H3. The smallest absolute Gasteiger partial charge is 0.242 e. The molecule has 0 saturated heterocycles. The zero-order valence-electron chi connectivity index (χ0n) is 12.2. The predicted molar refractivity (Wildman–Crippen MR) is 86.3 cm³/mol. The number of benzene rings is 1. The van der Waals surface area contributed by atoms with Gasteiger partial charge in [-0.3, -0.25) is 0 Å². The van der Waals surface area contributed by atoms with Gasteiger partial charge in [-0.1, -0.05) is 18.2 Å². The second-order valence-electron chi connectivity index (χ2n) is 4.62. The summed E-state index contributed by atoms with van der Waals surface area (Å²) in [7, 11) is -0.0966. The third kappa shape index (κ3) is 3.81. The average Bonchev–Trinajstić information content (AvgIpc) is 2.83. The molecule has 0 saturated carbocycles. The highest BCUT2D eigenvalue weighted by Gasteiger charge is 2.23. The van der Waals surface area contributed by atoms with Crippen LogP contribution in [0.25, 0.3) is 10.1 Å². The van der Waals surface area contributed by atoms with Gasteiger partial charge in [0.2, 0.25) is 10.0 Å². The molecule has 0 fully saturated rings. The fourth-order valence-corrected chi connectivity index (χ4v) is 5.17. The number of hydrogen-bond donors (Lipinski definition) is 2. The summed E-state index contributed by atoms with van der Waals surface area (Å²) in [4.78, 5) is 1.23. The summed E-state index contributed by atoms with van der Waals surface area (Å²) in [5, 5.41) is 3.82. The molecule has 116 valence electrons. The highest BCUT2D eigenvalue weighted by atomic mass is 32.2. The van der Waals surface area contributed by atoms with E-state index in [1.165, 1.54) is 11.3 Å². The largest absolute Gasteiger partial charge is 0.385 e. The summed E-state index contributed by atoms with van der Waals surface area (Å²) in [5.74, 6) is 0. The maximum absolute atomic E-state index is 12.6. The Morgan fingerprint density at radius 1 is 1.29 bits per heavy atom. The Balaban J connectivity index is 2.36. The van der Waals surface area contributed by atoms with Gasteiger partial charge in [-0.2, -0.15) is 0 Å². The Morgan fingerprint density at radius 2 is 2.05 bits per heavy atom. The fourth-order valence-electron chi connectivity index (χ4n) is 2.14. The minimum absolute atomic E-state index is 0.374. The first kappa shape index (κ1) is 16.4. The molecule has 0 bridgehead atoms. The van der Waals surface area contributed by atoms with Gasteiger partial charge in [-0.25, -0.2) is 13.1 Å². The van der Waals surface area contributed by atoms with E-state index in [4.69, 9.17) is 4.74 Å². The average molecular weight is 328 g/mol. The first-order valence-corrected chi connectivity index (χ1v) is 9.03. The molecule has 7 heteroatoms. The van der Waals surface area contributed by atoms with Crippen LogP contribution in [0.1, 0.15) is 11.3 Å². The Kier molecular flexibility index (Phi) is 5.72. The van der Waals surface area contributed by atoms with Gasteiger partial charge in [0.05, 0.1) is 0 Å². The lowest BCUT2D eigenvalue weighted by Crippen LogP contribution is -2.26. The number of nitrogens with one attached hydrogen (secondary N) is 2. The van der Waals surface area contributed by atoms with Gasteiger partial charge in [-0.15, -0.1) is 11.3 Å². The van der Waals surface area contributed by atoms with Crippen LogP contribution in [-0.4, -0.2) is 35.7 Å². The van der Waals surface area contributed by atoms with E-state index in [9.17, 15) is 8.42 Å². The number of fused-ring (bicyclic) bond motifs is 1. The van der Waals surface area contributed by atoms with Crippen molar-refractivity contribution in [2.45, 2.75) is 17.9 Å². The minimum atomic E-state index is -3.51. The van der Waals surface area contributed by atoms with Crippen LogP contribution in [0.15, 0.2) is 29.2 Å². The molecule has 5 nitrogen and oxygen atoms in total. The van der Waals surface area contributed by atoms with E-state index in [0.29, 0.717) is 31.0 Å². The number of ether oxygens (including phenoxy) is 1. The van der Waals surface area contributed by atoms with Crippen molar-refractivity contribution in [3.8, 4) is 0 Å². The van der Waals surface area contributed by atoms with Crippen LogP contribution in [0.3, 0.4) is 0 Å². The molecule has 0 aliphatic carbocycles. The topological polar surface area (TPSA) is 67.4 Å². The van der Waals surface area contributed by atoms with Crippen molar-refractivity contribution in [1.29, 1.82) is 0 Å². The summed E-state index contributed by atoms with van der Waals surface area (Å²) < 4.78 is 33.8. The lowest BCUT2D eigenvalue weighted by atomic mass is 10.2. The molecule has 0 amide bonds. The minimum Gasteiger partial charge on any atom is -0.385 e. The van der Waals surface area contributed by atoms with Crippen LogP contribution in [0.4, 0.5) is 0 Å². The first-order chi connectivity index (χ1) is 10.1. The zero-order chi connectivity index (χ0) is 15.3. The molecule has 2 aromatic rings. The number of sulfonamides is 1. The second-order valence-corrected chi connectivity index (χ2v) is 7.47. The maximum Gasteiger partial charge on any atom is 0.242 e. The van der Waals surface area contributed by atoms with E-state index in [2.05, 4.69) is 10.0 Å². The van der Waals surface area contributed by atoms with Crippen molar-refractivity contribution >= 4 is 31.4 Å². The molecular weight excluding hydrogens is 308 g/mol. The molecule has 2 rings (SSSR count). The van der Waals surface area contributed by atoms with Crippen molar-refractivity contribution in [1.82, 2.24) is 10.0 Å². The first-order valence-electron chi connectivity index (χ1n) is 6.73. The van der Waals surface area contributed by atoms with E-state index in [1.807, 2.05) is 31.3 Å². The lowest BCUT2D eigenvalue weighted by Gasteiger charge is -2.08. The summed E-state index contributed by atoms with van der Waals surface area (Å²) in [6, 6.07) is 7.59. The van der Waals surface area contributed by atoms with Gasteiger partial charge in [-0.05, 0) is 19.5 Å². The molecular formula is C14H20N2O3S2. The number of thiophene rings is 1. The molecule has 21 heavy (non-hydrogen) atoms. The van der Waals surface area contributed by atoms with Crippen LogP contribution in [0.2, 0.25) is 0 Å². The van der Waals surface area contributed by atoms with E-state index in [0.717, 1.165) is 15.0 Å². The number of methoxy groups -OCH3 is 1. The second kappa shape index (κ2) is 7.33. The van der Waals surface area contributed by atoms with Crippen LogP contribution in [0, 0.1) is 0 Å². The summed E-state index contributed by atoms with van der Waals surface area (Å²) in [6.45, 7) is 1.45. The highest BCUT2D eigenvalue weighted by molar-refractivity contribution is 7.90. The fraction of sp³-hybridized carbons (Fsp3) is 0.429. The molecule has 0 atom stereocenters. The Bertz CT molecular complexity index is 695. The van der Waals surface area contributed by atoms with Crippen LogP contribution in [0.5, 0.6) is 0 Å². The highest BCUT2D eigenvalue weighted by Crippen LogP contribution is 2.34. The quantitative estimate of drug-likeness (QED) is 0.727. The molecule has 2 N–H and O–H groups in total. The van der Waals surface area contributed by atoms with E-state index in [-0.39, 0.29) is 0 Å². The molecule has 1 aromatic carbocycles. The van der Waals surface area contributed by atoms with Crippen LogP contribution in [-0.2, 0) is 21.3 Å². The van der Waals surface area contributed by atoms with E-state index < -0.39 is 10.0 Å². The Morgan fingerprint density at radius 3 is 2.76 bits per heavy atom. The molecule has 0 radical (unpaired) electrons. The molecule has 1 aromatic heterocycles.